The quantitative estimate of drug-likeness (QED) is 0.541. The van der Waals surface area contributed by atoms with Crippen molar-refractivity contribution in [3.63, 3.8) is 0 Å². The number of fused-ring (bicyclic) bond motifs is 1. The number of carbonyl (C=O) groups excluding carboxylic acids is 1. The molecule has 0 bridgehead atoms. The lowest BCUT2D eigenvalue weighted by molar-refractivity contribution is -0.130. The van der Waals surface area contributed by atoms with Gasteiger partial charge in [0.05, 0.1) is 28.3 Å². The number of carbonyl (C=O) groups is 1. The van der Waals surface area contributed by atoms with Gasteiger partial charge in [-0.2, -0.15) is 0 Å². The number of aromatic nitrogens is 2. The van der Waals surface area contributed by atoms with E-state index in [1.165, 1.54) is 31.0 Å². The first kappa shape index (κ1) is 22.6. The number of para-hydroxylation sites is 2. The van der Waals surface area contributed by atoms with E-state index in [1.807, 2.05) is 17.0 Å². The maximum Gasteiger partial charge on any atom is 0.233 e. The molecule has 1 aromatic carbocycles. The zero-order valence-corrected chi connectivity index (χ0v) is 20.0. The van der Waals surface area contributed by atoms with Crippen LogP contribution in [-0.4, -0.2) is 58.6 Å². The molecule has 1 aliphatic carbocycles. The molecule has 0 N–H and O–H groups in total. The van der Waals surface area contributed by atoms with Crippen molar-refractivity contribution in [1.82, 2.24) is 14.5 Å². The number of imidazole rings is 1. The Morgan fingerprint density at radius 3 is 2.68 bits per heavy atom. The number of thioether (sulfide) groups is 1. The van der Waals surface area contributed by atoms with Crippen LogP contribution in [0, 0.1) is 0 Å². The Labute approximate surface area is 189 Å². The Balaban J connectivity index is 1.52. The number of nitrogens with zero attached hydrogens (tertiary/aromatic N) is 3. The Morgan fingerprint density at radius 2 is 1.97 bits per heavy atom. The van der Waals surface area contributed by atoms with E-state index in [9.17, 15) is 13.2 Å². The topological polar surface area (TPSA) is 72.3 Å². The molecule has 1 amide bonds. The van der Waals surface area contributed by atoms with Crippen LogP contribution in [0.25, 0.3) is 11.0 Å². The van der Waals surface area contributed by atoms with Crippen molar-refractivity contribution in [3.05, 3.63) is 24.3 Å². The summed E-state index contributed by atoms with van der Waals surface area (Å²) in [7, 11) is -3.02. The van der Waals surface area contributed by atoms with E-state index in [1.54, 1.807) is 0 Å². The van der Waals surface area contributed by atoms with Crippen LogP contribution in [0.4, 0.5) is 0 Å². The Bertz CT molecular complexity index is 1010. The van der Waals surface area contributed by atoms with Gasteiger partial charge >= 0.3 is 0 Å². The number of benzene rings is 1. The van der Waals surface area contributed by atoms with Crippen LogP contribution in [0.2, 0.25) is 0 Å². The summed E-state index contributed by atoms with van der Waals surface area (Å²) in [6.07, 6.45) is 8.52. The molecule has 31 heavy (non-hydrogen) atoms. The largest absolute Gasteiger partial charge is 0.338 e. The van der Waals surface area contributed by atoms with Gasteiger partial charge in [-0.3, -0.25) is 4.79 Å². The van der Waals surface area contributed by atoms with Crippen molar-refractivity contribution in [2.45, 2.75) is 75.5 Å². The van der Waals surface area contributed by atoms with Gasteiger partial charge in [-0.1, -0.05) is 56.5 Å². The monoisotopic (exact) mass is 463 g/mol. The van der Waals surface area contributed by atoms with Gasteiger partial charge in [0.1, 0.15) is 0 Å². The van der Waals surface area contributed by atoms with E-state index in [0.717, 1.165) is 41.9 Å². The first-order valence-corrected chi connectivity index (χ1v) is 14.4. The average molecular weight is 464 g/mol. The van der Waals surface area contributed by atoms with E-state index in [2.05, 4.69) is 23.6 Å². The maximum atomic E-state index is 13.2. The molecular weight excluding hydrogens is 430 g/mol. The molecule has 4 rings (SSSR count). The van der Waals surface area contributed by atoms with E-state index in [0.29, 0.717) is 24.8 Å². The van der Waals surface area contributed by atoms with E-state index < -0.39 is 9.84 Å². The predicted octanol–water partition coefficient (Wildman–Crippen LogP) is 4.45. The van der Waals surface area contributed by atoms with Gasteiger partial charge in [-0.25, -0.2) is 13.4 Å². The summed E-state index contributed by atoms with van der Waals surface area (Å²) >= 11 is 1.51. The van der Waals surface area contributed by atoms with Gasteiger partial charge in [0.15, 0.2) is 15.0 Å². The molecule has 0 unspecified atom stereocenters. The molecule has 1 saturated heterocycles. The molecule has 1 atom stereocenters. The molecule has 1 aromatic heterocycles. The fourth-order valence-electron chi connectivity index (χ4n) is 4.89. The molecular formula is C23H33N3O3S2. The zero-order chi connectivity index (χ0) is 21.8. The fourth-order valence-corrected chi connectivity index (χ4v) is 7.58. The van der Waals surface area contributed by atoms with Crippen molar-refractivity contribution in [3.8, 4) is 0 Å². The number of amides is 1. The van der Waals surface area contributed by atoms with E-state index in [4.69, 9.17) is 4.98 Å². The van der Waals surface area contributed by atoms with Gasteiger partial charge in [-0.15, -0.1) is 0 Å². The third-order valence-electron chi connectivity index (χ3n) is 6.55. The summed E-state index contributed by atoms with van der Waals surface area (Å²) in [5.41, 5.74) is 2.13. The van der Waals surface area contributed by atoms with Crippen molar-refractivity contribution >= 4 is 38.5 Å². The number of hydrogen-bond donors (Lipinski definition) is 0. The van der Waals surface area contributed by atoms with Crippen LogP contribution in [0.5, 0.6) is 0 Å². The Morgan fingerprint density at radius 1 is 1.19 bits per heavy atom. The Kier molecular flexibility index (Phi) is 7.26. The van der Waals surface area contributed by atoms with Gasteiger partial charge in [-0.05, 0) is 37.8 Å². The molecule has 2 aliphatic rings. The SMILES string of the molecule is CCCCN(C(=O)CSc1nc2ccccc2n1C1CCCCC1)[C@H]1CCS(=O)(=O)C1. The van der Waals surface area contributed by atoms with E-state index in [-0.39, 0.29) is 23.5 Å². The number of unbranched alkanes of at least 4 members (excludes halogenated alkanes) is 1. The molecule has 170 valence electrons. The van der Waals surface area contributed by atoms with Gasteiger partial charge in [0, 0.05) is 18.6 Å². The molecule has 8 heteroatoms. The zero-order valence-electron chi connectivity index (χ0n) is 18.3. The first-order chi connectivity index (χ1) is 15.0. The number of sulfone groups is 1. The van der Waals surface area contributed by atoms with Gasteiger partial charge in [0.2, 0.25) is 5.91 Å². The molecule has 2 heterocycles. The second-order valence-corrected chi connectivity index (χ2v) is 12.0. The van der Waals surface area contributed by atoms with Crippen LogP contribution in [-0.2, 0) is 14.6 Å². The highest BCUT2D eigenvalue weighted by molar-refractivity contribution is 7.99. The second-order valence-electron chi connectivity index (χ2n) is 8.83. The molecule has 1 saturated carbocycles. The summed E-state index contributed by atoms with van der Waals surface area (Å²) in [5, 5.41) is 0.913. The van der Waals surface area contributed by atoms with E-state index >= 15 is 0 Å². The minimum absolute atomic E-state index is 0.0304. The summed E-state index contributed by atoms with van der Waals surface area (Å²) in [6, 6.07) is 8.48. The minimum atomic E-state index is -3.02. The lowest BCUT2D eigenvalue weighted by Gasteiger charge is -2.28. The van der Waals surface area contributed by atoms with Crippen molar-refractivity contribution in [2.24, 2.45) is 0 Å². The van der Waals surface area contributed by atoms with Gasteiger partial charge in [0.25, 0.3) is 0 Å². The fraction of sp³-hybridized carbons (Fsp3) is 0.652. The molecule has 2 aromatic rings. The average Bonchev–Trinajstić information content (AvgIpc) is 3.32. The minimum Gasteiger partial charge on any atom is -0.338 e. The van der Waals surface area contributed by atoms with Crippen LogP contribution in [0.15, 0.2) is 29.4 Å². The normalized spacial score (nSPS) is 21.5. The molecule has 1 aliphatic heterocycles. The molecule has 2 fully saturated rings. The van der Waals surface area contributed by atoms with Crippen molar-refractivity contribution in [2.75, 3.05) is 23.8 Å². The number of rotatable bonds is 8. The summed E-state index contributed by atoms with van der Waals surface area (Å²) in [4.78, 5) is 19.9. The first-order valence-electron chi connectivity index (χ1n) is 11.6. The number of hydrogen-bond acceptors (Lipinski definition) is 5. The molecule has 6 nitrogen and oxygen atoms in total. The van der Waals surface area contributed by atoms with Crippen LogP contribution >= 0.6 is 11.8 Å². The third kappa shape index (κ3) is 5.28. The lowest BCUT2D eigenvalue weighted by Crippen LogP contribution is -2.42. The highest BCUT2D eigenvalue weighted by Gasteiger charge is 2.34. The molecule has 0 spiro atoms. The molecule has 0 radical (unpaired) electrons. The summed E-state index contributed by atoms with van der Waals surface area (Å²) < 4.78 is 26.3. The second kappa shape index (κ2) is 9.94. The van der Waals surface area contributed by atoms with Crippen LogP contribution in [0.3, 0.4) is 0 Å². The lowest BCUT2D eigenvalue weighted by atomic mass is 9.95. The summed E-state index contributed by atoms with van der Waals surface area (Å²) in [5.74, 6) is 0.630. The maximum absolute atomic E-state index is 13.2. The highest BCUT2D eigenvalue weighted by atomic mass is 32.2. The predicted molar refractivity (Wildman–Crippen MR) is 126 cm³/mol. The third-order valence-corrected chi connectivity index (χ3v) is 9.24. The van der Waals surface area contributed by atoms with Crippen molar-refractivity contribution < 1.29 is 13.2 Å². The highest BCUT2D eigenvalue weighted by Crippen LogP contribution is 2.35. The van der Waals surface area contributed by atoms with Crippen LogP contribution in [0.1, 0.15) is 64.3 Å². The summed E-state index contributed by atoms with van der Waals surface area (Å²) in [6.45, 7) is 2.73. The van der Waals surface area contributed by atoms with Gasteiger partial charge < -0.3 is 9.47 Å². The van der Waals surface area contributed by atoms with Crippen molar-refractivity contribution in [1.29, 1.82) is 0 Å². The Hall–Kier alpha value is -1.54. The standard InChI is InChI=1S/C23H33N3O3S2/c1-2-3-14-25(19-13-15-31(28,29)17-19)22(27)16-30-23-24-20-11-7-8-12-21(20)26(23)18-9-5-4-6-10-18/h7-8,11-12,18-19H,2-6,9-10,13-17H2,1H3/t19-/m0/s1. The van der Waals surface area contributed by atoms with Crippen LogP contribution < -0.4 is 0 Å². The smallest absolute Gasteiger partial charge is 0.233 e.